The molecule has 0 fully saturated rings. The Kier molecular flexibility index (Phi) is 3.83. The topological polar surface area (TPSA) is 52.9 Å². The fourth-order valence-electron chi connectivity index (χ4n) is 1.16. The van der Waals surface area contributed by atoms with Crippen molar-refractivity contribution in [3.8, 4) is 0 Å². The molecule has 0 spiro atoms. The van der Waals surface area contributed by atoms with Gasteiger partial charge in [-0.1, -0.05) is 0 Å². The van der Waals surface area contributed by atoms with Crippen molar-refractivity contribution in [3.63, 3.8) is 0 Å². The van der Waals surface area contributed by atoms with Crippen LogP contribution in [0.5, 0.6) is 0 Å². The second-order valence-electron chi connectivity index (χ2n) is 3.55. The monoisotopic (exact) mass is 199 g/mol. The molecular weight excluding hydrogens is 182 g/mol. The molecule has 0 aromatic carbocycles. The van der Waals surface area contributed by atoms with Gasteiger partial charge in [0.05, 0.1) is 0 Å². The molecule has 1 rings (SSSR count). The van der Waals surface area contributed by atoms with E-state index in [1.54, 1.807) is 6.08 Å². The molecule has 80 valence electrons. The quantitative estimate of drug-likeness (QED) is 0.721. The predicted octanol–water partition coefficient (Wildman–Crippen LogP) is 1.57. The zero-order chi connectivity index (χ0) is 10.6. The number of hydrogen-bond donors (Lipinski definition) is 2. The van der Waals surface area contributed by atoms with Gasteiger partial charge in [-0.2, -0.15) is 0 Å². The summed E-state index contributed by atoms with van der Waals surface area (Å²) in [5, 5.41) is 18.7. The standard InChI is InChI=1S/C10H17NO3/c1-11(2)6-7-14-9-5-3-4-8(12)10(9)13/h5,12-13H,3-4,6-7H2,1-2H3. The molecule has 0 amide bonds. The normalized spacial score (nSPS) is 17.2. The summed E-state index contributed by atoms with van der Waals surface area (Å²) in [7, 11) is 3.90. The number of hydrogen-bond acceptors (Lipinski definition) is 4. The molecule has 0 unspecified atom stereocenters. The molecule has 4 heteroatoms. The number of aliphatic hydroxyl groups is 2. The van der Waals surface area contributed by atoms with Crippen LogP contribution >= 0.6 is 0 Å². The molecule has 0 aromatic heterocycles. The summed E-state index contributed by atoms with van der Waals surface area (Å²) in [5.74, 6) is 0.304. The lowest BCUT2D eigenvalue weighted by Crippen LogP contribution is -2.18. The van der Waals surface area contributed by atoms with Gasteiger partial charge >= 0.3 is 0 Å². The third kappa shape index (κ3) is 2.96. The van der Waals surface area contributed by atoms with Gasteiger partial charge < -0.3 is 19.8 Å². The maximum absolute atomic E-state index is 9.43. The molecule has 1 aliphatic carbocycles. The van der Waals surface area contributed by atoms with E-state index in [0.29, 0.717) is 25.2 Å². The average Bonchev–Trinajstić information content (AvgIpc) is 2.12. The molecule has 0 saturated heterocycles. The highest BCUT2D eigenvalue weighted by atomic mass is 16.5. The third-order valence-corrected chi connectivity index (χ3v) is 2.01. The van der Waals surface area contributed by atoms with Crippen LogP contribution in [-0.4, -0.2) is 42.4 Å². The van der Waals surface area contributed by atoms with Gasteiger partial charge in [0, 0.05) is 13.0 Å². The lowest BCUT2D eigenvalue weighted by molar-refractivity contribution is 0.159. The van der Waals surface area contributed by atoms with E-state index in [-0.39, 0.29) is 11.5 Å². The first-order chi connectivity index (χ1) is 6.61. The fraction of sp³-hybridized carbons (Fsp3) is 0.600. The molecule has 0 aliphatic heterocycles. The second kappa shape index (κ2) is 4.91. The van der Waals surface area contributed by atoms with E-state index in [1.165, 1.54) is 0 Å². The van der Waals surface area contributed by atoms with Gasteiger partial charge in [-0.05, 0) is 26.6 Å². The number of allylic oxidation sites excluding steroid dienone is 2. The smallest absolute Gasteiger partial charge is 0.195 e. The zero-order valence-corrected chi connectivity index (χ0v) is 8.66. The Labute approximate surface area is 84.1 Å². The summed E-state index contributed by atoms with van der Waals surface area (Å²) >= 11 is 0. The van der Waals surface area contributed by atoms with E-state index < -0.39 is 0 Å². The van der Waals surface area contributed by atoms with Crippen molar-refractivity contribution in [1.29, 1.82) is 0 Å². The number of likely N-dealkylation sites (N-methyl/N-ethyl adjacent to an activating group) is 1. The highest BCUT2D eigenvalue weighted by molar-refractivity contribution is 5.25. The SMILES string of the molecule is CN(C)CCOC1=CCCC(O)=C1O. The van der Waals surface area contributed by atoms with Crippen LogP contribution in [0.25, 0.3) is 0 Å². The molecule has 0 saturated carbocycles. The molecule has 1 aliphatic rings. The molecule has 2 N–H and O–H groups in total. The van der Waals surface area contributed by atoms with Crippen LogP contribution in [0.1, 0.15) is 12.8 Å². The second-order valence-corrected chi connectivity index (χ2v) is 3.55. The van der Waals surface area contributed by atoms with Gasteiger partial charge in [-0.25, -0.2) is 0 Å². The van der Waals surface area contributed by atoms with Gasteiger partial charge in [0.1, 0.15) is 12.4 Å². The predicted molar refractivity (Wildman–Crippen MR) is 54.1 cm³/mol. The molecular formula is C10H17NO3. The maximum Gasteiger partial charge on any atom is 0.195 e. The zero-order valence-electron chi connectivity index (χ0n) is 8.66. The van der Waals surface area contributed by atoms with Crippen LogP contribution in [0.15, 0.2) is 23.4 Å². The molecule has 0 bridgehead atoms. The minimum absolute atomic E-state index is 0.0207. The van der Waals surface area contributed by atoms with Crippen molar-refractivity contribution in [3.05, 3.63) is 23.4 Å². The minimum atomic E-state index is -0.116. The summed E-state index contributed by atoms with van der Waals surface area (Å²) in [6.45, 7) is 1.29. The first kappa shape index (κ1) is 10.9. The number of rotatable bonds is 4. The number of ether oxygens (including phenoxy) is 1. The van der Waals surface area contributed by atoms with Crippen molar-refractivity contribution < 1.29 is 14.9 Å². The van der Waals surface area contributed by atoms with E-state index >= 15 is 0 Å². The lowest BCUT2D eigenvalue weighted by Gasteiger charge is -2.16. The molecule has 0 heterocycles. The van der Waals surface area contributed by atoms with E-state index in [1.807, 2.05) is 19.0 Å². The van der Waals surface area contributed by atoms with Gasteiger partial charge in [0.2, 0.25) is 0 Å². The van der Waals surface area contributed by atoms with E-state index in [9.17, 15) is 10.2 Å². The lowest BCUT2D eigenvalue weighted by atomic mass is 10.1. The fourth-order valence-corrected chi connectivity index (χ4v) is 1.16. The first-order valence-electron chi connectivity index (χ1n) is 4.70. The van der Waals surface area contributed by atoms with Crippen LogP contribution in [0.4, 0.5) is 0 Å². The van der Waals surface area contributed by atoms with Crippen LogP contribution in [0.3, 0.4) is 0 Å². The summed E-state index contributed by atoms with van der Waals surface area (Å²) in [6, 6.07) is 0. The van der Waals surface area contributed by atoms with Gasteiger partial charge in [0.15, 0.2) is 11.5 Å². The van der Waals surface area contributed by atoms with Crippen LogP contribution in [-0.2, 0) is 4.74 Å². The first-order valence-corrected chi connectivity index (χ1v) is 4.70. The van der Waals surface area contributed by atoms with Crippen molar-refractivity contribution in [2.45, 2.75) is 12.8 Å². The summed E-state index contributed by atoms with van der Waals surface area (Å²) in [5.41, 5.74) is 0. The van der Waals surface area contributed by atoms with Crippen molar-refractivity contribution in [1.82, 2.24) is 4.90 Å². The Balaban J connectivity index is 2.41. The summed E-state index contributed by atoms with van der Waals surface area (Å²) < 4.78 is 5.33. The highest BCUT2D eigenvalue weighted by Gasteiger charge is 2.15. The van der Waals surface area contributed by atoms with E-state index in [4.69, 9.17) is 4.74 Å². The highest BCUT2D eigenvalue weighted by Crippen LogP contribution is 2.21. The van der Waals surface area contributed by atoms with Crippen LogP contribution < -0.4 is 0 Å². The average molecular weight is 199 g/mol. The van der Waals surface area contributed by atoms with Crippen molar-refractivity contribution in [2.75, 3.05) is 27.2 Å². The molecule has 14 heavy (non-hydrogen) atoms. The van der Waals surface area contributed by atoms with Gasteiger partial charge in [-0.15, -0.1) is 0 Å². The maximum atomic E-state index is 9.43. The number of nitrogens with zero attached hydrogens (tertiary/aromatic N) is 1. The number of aliphatic hydroxyl groups excluding tert-OH is 2. The van der Waals surface area contributed by atoms with Crippen molar-refractivity contribution in [2.24, 2.45) is 0 Å². The third-order valence-electron chi connectivity index (χ3n) is 2.01. The molecule has 0 atom stereocenters. The van der Waals surface area contributed by atoms with Gasteiger partial charge in [0.25, 0.3) is 0 Å². The molecule has 0 radical (unpaired) electrons. The Morgan fingerprint density at radius 3 is 2.79 bits per heavy atom. The van der Waals surface area contributed by atoms with E-state index in [2.05, 4.69) is 0 Å². The Morgan fingerprint density at radius 1 is 1.43 bits per heavy atom. The van der Waals surface area contributed by atoms with Crippen LogP contribution in [0, 0.1) is 0 Å². The largest absolute Gasteiger partial charge is 0.508 e. The molecule has 0 aromatic rings. The Morgan fingerprint density at radius 2 is 2.14 bits per heavy atom. The Bertz CT molecular complexity index is 256. The molecule has 4 nitrogen and oxygen atoms in total. The van der Waals surface area contributed by atoms with E-state index in [0.717, 1.165) is 6.54 Å². The summed E-state index contributed by atoms with van der Waals surface area (Å²) in [4.78, 5) is 1.99. The van der Waals surface area contributed by atoms with Crippen LogP contribution in [0.2, 0.25) is 0 Å². The summed E-state index contributed by atoms with van der Waals surface area (Å²) in [6.07, 6.45) is 3.00. The Hall–Kier alpha value is -1.16. The minimum Gasteiger partial charge on any atom is -0.508 e. The van der Waals surface area contributed by atoms with Gasteiger partial charge in [-0.3, -0.25) is 0 Å². The van der Waals surface area contributed by atoms with Crippen molar-refractivity contribution >= 4 is 0 Å².